The number of esters is 1. The normalized spacial score (nSPS) is 12.4. The molecular formula is C22H27NO7. The molecule has 0 aliphatic heterocycles. The van der Waals surface area contributed by atoms with Gasteiger partial charge >= 0.3 is 12.1 Å². The summed E-state index contributed by atoms with van der Waals surface area (Å²) < 4.78 is 20.6. The summed E-state index contributed by atoms with van der Waals surface area (Å²) >= 11 is 0. The molecular weight excluding hydrogens is 390 g/mol. The molecule has 0 radical (unpaired) electrons. The average molecular weight is 417 g/mol. The number of nitrogens with one attached hydrogen (secondary N) is 1. The lowest BCUT2D eigenvalue weighted by Crippen LogP contribution is -2.48. The fourth-order valence-corrected chi connectivity index (χ4v) is 2.80. The van der Waals surface area contributed by atoms with Gasteiger partial charge in [0.2, 0.25) is 0 Å². The van der Waals surface area contributed by atoms with Crippen molar-refractivity contribution >= 4 is 12.1 Å². The quantitative estimate of drug-likeness (QED) is 0.573. The van der Waals surface area contributed by atoms with Crippen LogP contribution in [0.15, 0.2) is 48.5 Å². The molecule has 8 heteroatoms. The first-order chi connectivity index (χ1) is 14.5. The number of benzene rings is 2. The van der Waals surface area contributed by atoms with Crippen LogP contribution >= 0.6 is 0 Å². The molecule has 162 valence electrons. The zero-order valence-electron chi connectivity index (χ0n) is 17.3. The maximum atomic E-state index is 12.4. The lowest BCUT2D eigenvalue weighted by atomic mass is 10.0. The van der Waals surface area contributed by atoms with E-state index in [0.717, 1.165) is 5.56 Å². The number of rotatable bonds is 10. The van der Waals surface area contributed by atoms with E-state index in [1.165, 1.54) is 14.2 Å². The lowest BCUT2D eigenvalue weighted by Gasteiger charge is -2.23. The van der Waals surface area contributed by atoms with Gasteiger partial charge in [-0.2, -0.15) is 0 Å². The molecule has 2 aromatic carbocycles. The van der Waals surface area contributed by atoms with Crippen LogP contribution in [0.5, 0.6) is 11.5 Å². The predicted octanol–water partition coefficient (Wildman–Crippen LogP) is 2.47. The van der Waals surface area contributed by atoms with Gasteiger partial charge in [-0.05, 0) is 36.6 Å². The summed E-state index contributed by atoms with van der Waals surface area (Å²) in [7, 11) is 2.72. The minimum Gasteiger partial charge on any atom is -0.493 e. The number of carbonyl (C=O) groups excluding carboxylic acids is 2. The smallest absolute Gasteiger partial charge is 0.407 e. The highest BCUT2D eigenvalue weighted by Crippen LogP contribution is 2.28. The van der Waals surface area contributed by atoms with Gasteiger partial charge in [0.1, 0.15) is 6.61 Å². The Morgan fingerprint density at radius 3 is 2.40 bits per heavy atom. The number of alkyl carbamates (subject to hydrolysis) is 1. The van der Waals surface area contributed by atoms with E-state index in [-0.39, 0.29) is 13.0 Å². The molecule has 2 atom stereocenters. The third-order valence-corrected chi connectivity index (χ3v) is 4.32. The molecule has 0 spiro atoms. The first kappa shape index (κ1) is 23.0. The lowest BCUT2D eigenvalue weighted by molar-refractivity contribution is -0.156. The highest BCUT2D eigenvalue weighted by Gasteiger charge is 2.30. The number of aliphatic hydroxyl groups is 1. The Morgan fingerprint density at radius 2 is 1.77 bits per heavy atom. The van der Waals surface area contributed by atoms with Crippen molar-refractivity contribution in [3.05, 3.63) is 59.7 Å². The molecule has 0 saturated carbocycles. The summed E-state index contributed by atoms with van der Waals surface area (Å²) in [6, 6.07) is 13.3. The number of hydrogen-bond acceptors (Lipinski definition) is 7. The number of methoxy groups -OCH3 is 2. The van der Waals surface area contributed by atoms with Crippen molar-refractivity contribution in [2.75, 3.05) is 20.8 Å². The zero-order valence-corrected chi connectivity index (χ0v) is 17.3. The van der Waals surface area contributed by atoms with Gasteiger partial charge in [-0.1, -0.05) is 36.4 Å². The first-order valence-corrected chi connectivity index (χ1v) is 9.51. The summed E-state index contributed by atoms with van der Waals surface area (Å²) in [5, 5.41) is 13.0. The van der Waals surface area contributed by atoms with Crippen molar-refractivity contribution < 1.29 is 33.6 Å². The van der Waals surface area contributed by atoms with Crippen LogP contribution in [0.3, 0.4) is 0 Å². The van der Waals surface area contributed by atoms with Gasteiger partial charge in [0, 0.05) is 0 Å². The number of hydrogen-bond donors (Lipinski definition) is 2. The second-order valence-corrected chi connectivity index (χ2v) is 6.40. The van der Waals surface area contributed by atoms with E-state index < -0.39 is 24.2 Å². The monoisotopic (exact) mass is 417 g/mol. The molecule has 8 nitrogen and oxygen atoms in total. The van der Waals surface area contributed by atoms with Crippen molar-refractivity contribution in [2.45, 2.75) is 32.1 Å². The van der Waals surface area contributed by atoms with E-state index in [9.17, 15) is 14.7 Å². The number of amides is 1. The Balaban J connectivity index is 2.12. The van der Waals surface area contributed by atoms with Gasteiger partial charge in [-0.25, -0.2) is 9.59 Å². The fourth-order valence-electron chi connectivity index (χ4n) is 2.80. The Hall–Kier alpha value is -3.26. The Bertz CT molecular complexity index is 825. The zero-order chi connectivity index (χ0) is 21.9. The van der Waals surface area contributed by atoms with Crippen LogP contribution in [0.2, 0.25) is 0 Å². The Kier molecular flexibility index (Phi) is 8.96. The molecule has 1 amide bonds. The van der Waals surface area contributed by atoms with E-state index >= 15 is 0 Å². The van der Waals surface area contributed by atoms with Crippen LogP contribution < -0.4 is 14.8 Å². The molecule has 2 unspecified atom stereocenters. The van der Waals surface area contributed by atoms with Gasteiger partial charge in [0.15, 0.2) is 17.6 Å². The second-order valence-electron chi connectivity index (χ2n) is 6.40. The summed E-state index contributed by atoms with van der Waals surface area (Å²) in [5.41, 5.74) is 1.50. The van der Waals surface area contributed by atoms with Crippen molar-refractivity contribution in [1.29, 1.82) is 0 Å². The molecule has 0 heterocycles. The topological polar surface area (TPSA) is 103 Å². The highest BCUT2D eigenvalue weighted by molar-refractivity contribution is 5.77. The second kappa shape index (κ2) is 11.7. The van der Waals surface area contributed by atoms with Crippen LogP contribution in [0.25, 0.3) is 0 Å². The summed E-state index contributed by atoms with van der Waals surface area (Å²) in [6.45, 7) is 2.35. The summed E-state index contributed by atoms with van der Waals surface area (Å²) in [6.07, 6.45) is -2.22. The van der Waals surface area contributed by atoms with E-state index in [1.54, 1.807) is 30.3 Å². The average Bonchev–Trinajstić information content (AvgIpc) is 2.78. The molecule has 0 fully saturated rings. The van der Waals surface area contributed by atoms with Gasteiger partial charge in [0.05, 0.1) is 26.9 Å². The van der Waals surface area contributed by atoms with Crippen molar-refractivity contribution in [2.24, 2.45) is 0 Å². The van der Waals surface area contributed by atoms with Crippen molar-refractivity contribution in [3.63, 3.8) is 0 Å². The molecule has 0 aliphatic rings. The Morgan fingerprint density at radius 1 is 1.03 bits per heavy atom. The highest BCUT2D eigenvalue weighted by atomic mass is 16.6. The van der Waals surface area contributed by atoms with Crippen LogP contribution in [0.1, 0.15) is 18.1 Å². The van der Waals surface area contributed by atoms with Crippen LogP contribution in [-0.2, 0) is 27.3 Å². The van der Waals surface area contributed by atoms with Crippen LogP contribution in [-0.4, -0.2) is 50.1 Å². The molecule has 0 aliphatic carbocycles. The number of aliphatic hydroxyl groups excluding tert-OH is 1. The standard InChI is InChI=1S/C22H27NO7/c1-4-29-18-11-10-16(13-19(18)27-2)12-17(23-22(26)28-3)20(24)21(25)30-14-15-8-6-5-7-9-15/h5-11,13,17,20,24H,4,12,14H2,1-3H3,(H,23,26). The maximum absolute atomic E-state index is 12.4. The maximum Gasteiger partial charge on any atom is 0.407 e. The SMILES string of the molecule is CCOc1ccc(CC(NC(=O)OC)C(O)C(=O)OCc2ccccc2)cc1OC. The minimum absolute atomic E-state index is 0.0125. The molecule has 2 rings (SSSR count). The number of carbonyl (C=O) groups is 2. The van der Waals surface area contributed by atoms with Crippen LogP contribution in [0, 0.1) is 0 Å². The van der Waals surface area contributed by atoms with Gasteiger partial charge < -0.3 is 29.4 Å². The molecule has 0 saturated heterocycles. The fraction of sp³-hybridized carbons (Fsp3) is 0.364. The van der Waals surface area contributed by atoms with E-state index in [1.807, 2.05) is 25.1 Å². The van der Waals surface area contributed by atoms with E-state index in [0.29, 0.717) is 23.7 Å². The molecule has 0 bridgehead atoms. The molecule has 30 heavy (non-hydrogen) atoms. The summed E-state index contributed by atoms with van der Waals surface area (Å²) in [4.78, 5) is 24.1. The van der Waals surface area contributed by atoms with Gasteiger partial charge in [0.25, 0.3) is 0 Å². The predicted molar refractivity (Wildman–Crippen MR) is 109 cm³/mol. The third-order valence-electron chi connectivity index (χ3n) is 4.32. The number of ether oxygens (including phenoxy) is 4. The Labute approximate surface area is 175 Å². The molecule has 2 N–H and O–H groups in total. The van der Waals surface area contributed by atoms with Gasteiger partial charge in [-0.3, -0.25) is 0 Å². The third kappa shape index (κ3) is 6.66. The van der Waals surface area contributed by atoms with E-state index in [4.69, 9.17) is 14.2 Å². The first-order valence-electron chi connectivity index (χ1n) is 9.51. The molecule has 2 aromatic rings. The van der Waals surface area contributed by atoms with Gasteiger partial charge in [-0.15, -0.1) is 0 Å². The van der Waals surface area contributed by atoms with E-state index in [2.05, 4.69) is 10.1 Å². The summed E-state index contributed by atoms with van der Waals surface area (Å²) in [5.74, 6) is 0.231. The van der Waals surface area contributed by atoms with Crippen molar-refractivity contribution in [3.8, 4) is 11.5 Å². The molecule has 0 aromatic heterocycles. The van der Waals surface area contributed by atoms with Crippen molar-refractivity contribution in [1.82, 2.24) is 5.32 Å². The largest absolute Gasteiger partial charge is 0.493 e. The minimum atomic E-state index is -1.59. The van der Waals surface area contributed by atoms with Crippen LogP contribution in [0.4, 0.5) is 4.79 Å².